The molecule has 0 heterocycles. The van der Waals surface area contributed by atoms with Gasteiger partial charge >= 0.3 is 6.18 Å². The van der Waals surface area contributed by atoms with Gasteiger partial charge in [-0.2, -0.15) is 13.2 Å². The summed E-state index contributed by atoms with van der Waals surface area (Å²) in [4.78, 5) is 12.7. The molecule has 2 aromatic rings. The van der Waals surface area contributed by atoms with E-state index >= 15 is 0 Å². The average Bonchev–Trinajstić information content (AvgIpc) is 2.66. The molecule has 32 heavy (non-hydrogen) atoms. The van der Waals surface area contributed by atoms with Gasteiger partial charge in [-0.25, -0.2) is 8.42 Å². The number of hydrogen-bond acceptors (Lipinski definition) is 4. The van der Waals surface area contributed by atoms with E-state index in [-0.39, 0.29) is 35.0 Å². The largest absolute Gasteiger partial charge is 0.416 e. The number of carbonyl (C=O) groups is 1. The minimum absolute atomic E-state index is 0.0171. The number of carbonyl (C=O) groups excluding carboxylic acids is 1. The lowest BCUT2D eigenvalue weighted by Crippen LogP contribution is -2.46. The number of benzene rings is 2. The smallest absolute Gasteiger partial charge is 0.395 e. The Morgan fingerprint density at radius 1 is 1.03 bits per heavy atom. The highest BCUT2D eigenvalue weighted by Crippen LogP contribution is 2.34. The molecule has 1 amide bonds. The fourth-order valence-electron chi connectivity index (χ4n) is 3.25. The second-order valence-electron chi connectivity index (χ2n) is 8.71. The molecule has 0 saturated heterocycles. The highest BCUT2D eigenvalue weighted by molar-refractivity contribution is 7.91. The Bertz CT molecular complexity index is 1030. The number of hydrogen-bond donors (Lipinski definition) is 2. The second-order valence-corrected chi connectivity index (χ2v) is 10.8. The van der Waals surface area contributed by atoms with E-state index in [4.69, 9.17) is 5.11 Å². The van der Waals surface area contributed by atoms with E-state index < -0.39 is 39.6 Å². The minimum Gasteiger partial charge on any atom is -0.395 e. The monoisotopic (exact) mass is 471 g/mol. The van der Waals surface area contributed by atoms with Crippen LogP contribution in [0.15, 0.2) is 53.4 Å². The fraction of sp³-hybridized carbons (Fsp3) is 0.435. The van der Waals surface area contributed by atoms with Gasteiger partial charge in [0.05, 0.1) is 29.2 Å². The topological polar surface area (TPSA) is 83.5 Å². The lowest BCUT2D eigenvalue weighted by atomic mass is 9.82. The van der Waals surface area contributed by atoms with Crippen LogP contribution in [0.4, 0.5) is 13.2 Å². The zero-order chi connectivity index (χ0) is 24.2. The quantitative estimate of drug-likeness (QED) is 0.614. The molecule has 1 atom stereocenters. The van der Waals surface area contributed by atoms with Crippen molar-refractivity contribution < 1.29 is 31.5 Å². The first-order chi connectivity index (χ1) is 14.7. The Balaban J connectivity index is 2.15. The second kappa shape index (κ2) is 10.0. The molecule has 0 aromatic heterocycles. The van der Waals surface area contributed by atoms with Crippen molar-refractivity contribution in [1.82, 2.24) is 5.32 Å². The number of rotatable bonds is 8. The molecule has 0 saturated carbocycles. The number of aliphatic hydroxyl groups is 1. The summed E-state index contributed by atoms with van der Waals surface area (Å²) in [6.07, 6.45) is -4.52. The highest BCUT2D eigenvalue weighted by Gasteiger charge is 2.35. The first kappa shape index (κ1) is 25.9. The zero-order valence-corrected chi connectivity index (χ0v) is 19.1. The van der Waals surface area contributed by atoms with Gasteiger partial charge in [0, 0.05) is 6.04 Å². The van der Waals surface area contributed by atoms with Gasteiger partial charge in [-0.3, -0.25) is 4.79 Å². The van der Waals surface area contributed by atoms with E-state index in [2.05, 4.69) is 5.32 Å². The maximum atomic E-state index is 13.4. The molecule has 2 rings (SSSR count). The Morgan fingerprint density at radius 3 is 2.16 bits per heavy atom. The molecule has 0 fully saturated rings. The Labute approximate surface area is 186 Å². The maximum Gasteiger partial charge on any atom is 0.416 e. The normalized spacial score (nSPS) is 13.6. The fourth-order valence-corrected chi connectivity index (χ4v) is 4.28. The molecule has 0 aliphatic rings. The Kier molecular flexibility index (Phi) is 8.12. The third kappa shape index (κ3) is 7.06. The number of halogens is 3. The lowest BCUT2D eigenvalue weighted by Gasteiger charge is -2.32. The van der Waals surface area contributed by atoms with Crippen LogP contribution in [0.1, 0.15) is 37.5 Å². The number of alkyl halides is 3. The highest BCUT2D eigenvalue weighted by atomic mass is 32.2. The summed E-state index contributed by atoms with van der Waals surface area (Å²) in [7, 11) is -3.59. The van der Waals surface area contributed by atoms with Crippen molar-refractivity contribution in [3.8, 4) is 0 Å². The number of amides is 1. The van der Waals surface area contributed by atoms with Gasteiger partial charge in [0.15, 0.2) is 9.84 Å². The van der Waals surface area contributed by atoms with Crippen molar-refractivity contribution in [3.63, 3.8) is 0 Å². The summed E-state index contributed by atoms with van der Waals surface area (Å²) in [5.41, 5.74) is -0.549. The van der Waals surface area contributed by atoms with E-state index in [1.807, 2.05) is 20.8 Å². The predicted molar refractivity (Wildman–Crippen MR) is 116 cm³/mol. The van der Waals surface area contributed by atoms with Gasteiger partial charge in [-0.1, -0.05) is 51.1 Å². The van der Waals surface area contributed by atoms with E-state index in [1.54, 1.807) is 6.07 Å². The van der Waals surface area contributed by atoms with Crippen LogP contribution in [0.2, 0.25) is 0 Å². The molecule has 9 heteroatoms. The van der Waals surface area contributed by atoms with Crippen molar-refractivity contribution in [2.45, 2.75) is 50.7 Å². The Hall–Kier alpha value is -2.39. The molecule has 0 bridgehead atoms. The van der Waals surface area contributed by atoms with Gasteiger partial charge in [-0.05, 0) is 41.2 Å². The van der Waals surface area contributed by atoms with E-state index in [9.17, 15) is 26.4 Å². The third-order valence-electron chi connectivity index (χ3n) is 5.13. The summed E-state index contributed by atoms with van der Waals surface area (Å²) in [6, 6.07) is 10.5. The Morgan fingerprint density at radius 2 is 1.62 bits per heavy atom. The molecule has 0 spiro atoms. The molecule has 2 aromatic carbocycles. The predicted octanol–water partition coefficient (Wildman–Crippen LogP) is 3.79. The van der Waals surface area contributed by atoms with Gasteiger partial charge in [0.1, 0.15) is 0 Å². The molecule has 176 valence electrons. The number of sulfone groups is 1. The van der Waals surface area contributed by atoms with Gasteiger partial charge in [-0.15, -0.1) is 0 Å². The molecule has 0 aliphatic heterocycles. The molecule has 0 radical (unpaired) electrons. The maximum absolute atomic E-state index is 13.4. The summed E-state index contributed by atoms with van der Waals surface area (Å²) in [6.45, 7) is 5.04. The summed E-state index contributed by atoms with van der Waals surface area (Å²) >= 11 is 0. The van der Waals surface area contributed by atoms with Crippen LogP contribution in [0.5, 0.6) is 0 Å². The van der Waals surface area contributed by atoms with Crippen molar-refractivity contribution in [2.75, 3.05) is 12.4 Å². The van der Waals surface area contributed by atoms with Crippen LogP contribution >= 0.6 is 0 Å². The summed E-state index contributed by atoms with van der Waals surface area (Å²) < 4.78 is 64.0. The average molecular weight is 472 g/mol. The standard InChI is InChI=1S/C23H28F3NO4S/c1-22(2,3)20(15-17-6-4-5-7-19(17)23(24,25)26)27-21(29)14-16-8-10-18(11-9-16)32(30,31)13-12-28/h4-11,20,28H,12-15H2,1-3H3,(H,27,29). The first-order valence-electron chi connectivity index (χ1n) is 10.1. The molecule has 2 N–H and O–H groups in total. The molecular formula is C23H28F3NO4S. The number of aliphatic hydroxyl groups excluding tert-OH is 1. The summed E-state index contributed by atoms with van der Waals surface area (Å²) in [5, 5.41) is 11.7. The van der Waals surface area contributed by atoms with Crippen molar-refractivity contribution in [1.29, 1.82) is 0 Å². The van der Waals surface area contributed by atoms with E-state index in [1.165, 1.54) is 36.4 Å². The summed E-state index contributed by atoms with van der Waals surface area (Å²) in [5.74, 6) is -0.764. The third-order valence-corrected chi connectivity index (χ3v) is 6.85. The van der Waals surface area contributed by atoms with Crippen LogP contribution in [0, 0.1) is 5.41 Å². The van der Waals surface area contributed by atoms with Gasteiger partial charge in [0.2, 0.25) is 5.91 Å². The van der Waals surface area contributed by atoms with E-state index in [0.29, 0.717) is 5.56 Å². The van der Waals surface area contributed by atoms with Crippen LogP contribution in [-0.2, 0) is 33.6 Å². The van der Waals surface area contributed by atoms with Crippen molar-refractivity contribution >= 4 is 15.7 Å². The SMILES string of the molecule is CC(C)(C)C(Cc1ccccc1C(F)(F)F)NC(=O)Cc1ccc(S(=O)(=O)CCO)cc1. The zero-order valence-electron chi connectivity index (χ0n) is 18.2. The minimum atomic E-state index is -4.48. The first-order valence-corrected chi connectivity index (χ1v) is 11.8. The van der Waals surface area contributed by atoms with Crippen LogP contribution in [-0.4, -0.2) is 37.8 Å². The van der Waals surface area contributed by atoms with Crippen molar-refractivity contribution in [2.24, 2.45) is 5.41 Å². The molecule has 1 unspecified atom stereocenters. The van der Waals surface area contributed by atoms with Crippen molar-refractivity contribution in [3.05, 3.63) is 65.2 Å². The van der Waals surface area contributed by atoms with Gasteiger partial charge in [0.25, 0.3) is 0 Å². The van der Waals surface area contributed by atoms with Crippen LogP contribution in [0.3, 0.4) is 0 Å². The molecule has 0 aliphatic carbocycles. The van der Waals surface area contributed by atoms with Gasteiger partial charge < -0.3 is 10.4 Å². The van der Waals surface area contributed by atoms with E-state index in [0.717, 1.165) is 6.07 Å². The molecule has 5 nitrogen and oxygen atoms in total. The lowest BCUT2D eigenvalue weighted by molar-refractivity contribution is -0.138. The molecular weight excluding hydrogens is 443 g/mol. The number of nitrogens with one attached hydrogen (secondary N) is 1. The van der Waals surface area contributed by atoms with Crippen LogP contribution < -0.4 is 5.32 Å². The van der Waals surface area contributed by atoms with Crippen LogP contribution in [0.25, 0.3) is 0 Å².